The Hall–Kier alpha value is -2.23. The zero-order valence-electron chi connectivity index (χ0n) is 12.1. The monoisotopic (exact) mass is 398 g/mol. The zero-order valence-corrected chi connectivity index (χ0v) is 13.7. The van der Waals surface area contributed by atoms with Gasteiger partial charge in [0.2, 0.25) is 5.82 Å². The highest BCUT2D eigenvalue weighted by Gasteiger charge is 2.39. The summed E-state index contributed by atoms with van der Waals surface area (Å²) in [6.07, 6.45) is -3.05. The molecule has 6 nitrogen and oxygen atoms in total. The van der Waals surface area contributed by atoms with E-state index >= 15 is 0 Å². The lowest BCUT2D eigenvalue weighted by molar-refractivity contribution is -0.147. The molecule has 0 fully saturated rings. The lowest BCUT2D eigenvalue weighted by Crippen LogP contribution is -2.36. The molecule has 0 aliphatic carbocycles. The van der Waals surface area contributed by atoms with Crippen LogP contribution in [0.3, 0.4) is 0 Å². The fraction of sp³-hybridized carbons (Fsp3) is 0.286. The summed E-state index contributed by atoms with van der Waals surface area (Å²) in [6.45, 7) is 0.741. The van der Waals surface area contributed by atoms with Crippen LogP contribution in [0.1, 0.15) is 11.6 Å². The molecule has 0 radical (unpaired) electrons. The Morgan fingerprint density at radius 2 is 1.92 bits per heavy atom. The highest BCUT2D eigenvalue weighted by molar-refractivity contribution is 9.10. The number of benzene rings is 1. The number of rotatable bonds is 1. The van der Waals surface area contributed by atoms with Crippen molar-refractivity contribution in [3.63, 3.8) is 0 Å². The molecule has 1 aliphatic rings. The van der Waals surface area contributed by atoms with Gasteiger partial charge in [0.05, 0.1) is 12.1 Å². The molecule has 0 atom stereocenters. The Kier molecular flexibility index (Phi) is 3.44. The van der Waals surface area contributed by atoms with E-state index in [1.165, 1.54) is 6.33 Å². The maximum atomic E-state index is 12.9. The standard InChI is InChI=1S/C14H10BrF3N6/c15-8-1-2-10-9(5-8)12(20-7-19-10)23-3-4-24-11(6-23)21-22-13(24)14(16,17)18/h1-2,5,7H,3-4,6H2. The number of hydrogen-bond acceptors (Lipinski definition) is 5. The summed E-state index contributed by atoms with van der Waals surface area (Å²) in [5, 5.41) is 7.82. The van der Waals surface area contributed by atoms with Gasteiger partial charge < -0.3 is 9.47 Å². The van der Waals surface area contributed by atoms with Gasteiger partial charge in [0, 0.05) is 22.9 Å². The number of alkyl halides is 3. The smallest absolute Gasteiger partial charge is 0.347 e. The zero-order chi connectivity index (χ0) is 16.9. The van der Waals surface area contributed by atoms with E-state index in [9.17, 15) is 13.2 Å². The highest BCUT2D eigenvalue weighted by atomic mass is 79.9. The van der Waals surface area contributed by atoms with Gasteiger partial charge in [-0.3, -0.25) is 0 Å². The van der Waals surface area contributed by atoms with Crippen LogP contribution in [-0.2, 0) is 19.3 Å². The van der Waals surface area contributed by atoms with Crippen LogP contribution in [0.2, 0.25) is 0 Å². The third-order valence-electron chi connectivity index (χ3n) is 3.88. The summed E-state index contributed by atoms with van der Waals surface area (Å²) in [7, 11) is 0. The van der Waals surface area contributed by atoms with E-state index in [1.807, 2.05) is 23.1 Å². The van der Waals surface area contributed by atoms with Crippen molar-refractivity contribution in [2.75, 3.05) is 11.4 Å². The van der Waals surface area contributed by atoms with Crippen LogP contribution in [-0.4, -0.2) is 31.3 Å². The van der Waals surface area contributed by atoms with E-state index in [0.29, 0.717) is 12.4 Å². The molecule has 0 N–H and O–H groups in total. The number of anilines is 1. The van der Waals surface area contributed by atoms with Gasteiger partial charge in [0.1, 0.15) is 12.1 Å². The Balaban J connectivity index is 1.73. The minimum Gasteiger partial charge on any atom is -0.347 e. The van der Waals surface area contributed by atoms with Crippen molar-refractivity contribution in [2.24, 2.45) is 0 Å². The predicted molar refractivity (Wildman–Crippen MR) is 83.3 cm³/mol. The van der Waals surface area contributed by atoms with E-state index in [1.54, 1.807) is 0 Å². The molecule has 0 spiro atoms. The second kappa shape index (κ2) is 5.40. The quantitative estimate of drug-likeness (QED) is 0.630. The van der Waals surface area contributed by atoms with Gasteiger partial charge in [-0.25, -0.2) is 9.97 Å². The van der Waals surface area contributed by atoms with Crippen LogP contribution >= 0.6 is 15.9 Å². The molecular weight excluding hydrogens is 389 g/mol. The molecular formula is C14H10BrF3N6. The van der Waals surface area contributed by atoms with Gasteiger partial charge in [-0.15, -0.1) is 10.2 Å². The molecule has 4 rings (SSSR count). The number of hydrogen-bond donors (Lipinski definition) is 0. The van der Waals surface area contributed by atoms with Crippen molar-refractivity contribution < 1.29 is 13.2 Å². The summed E-state index contributed by atoms with van der Waals surface area (Å²) < 4.78 is 40.8. The molecule has 0 bridgehead atoms. The third-order valence-corrected chi connectivity index (χ3v) is 4.38. The minimum atomic E-state index is -4.50. The SMILES string of the molecule is FC(F)(F)c1nnc2n1CCN(c1ncnc3ccc(Br)cc13)C2. The Labute approximate surface area is 142 Å². The molecule has 3 heterocycles. The average Bonchev–Trinajstić information content (AvgIpc) is 2.97. The lowest BCUT2D eigenvalue weighted by atomic mass is 10.2. The largest absolute Gasteiger partial charge is 0.451 e. The molecule has 124 valence electrons. The molecule has 10 heteroatoms. The van der Waals surface area contributed by atoms with Gasteiger partial charge in [-0.1, -0.05) is 15.9 Å². The van der Waals surface area contributed by atoms with E-state index < -0.39 is 12.0 Å². The normalized spacial score (nSPS) is 14.9. The van der Waals surface area contributed by atoms with Gasteiger partial charge in [0.15, 0.2) is 5.82 Å². The summed E-state index contributed by atoms with van der Waals surface area (Å²) >= 11 is 3.42. The van der Waals surface area contributed by atoms with Crippen molar-refractivity contribution >= 4 is 32.7 Å². The Morgan fingerprint density at radius 1 is 1.08 bits per heavy atom. The first-order valence-electron chi connectivity index (χ1n) is 7.08. The summed E-state index contributed by atoms with van der Waals surface area (Å²) in [6, 6.07) is 5.63. The summed E-state index contributed by atoms with van der Waals surface area (Å²) in [5.41, 5.74) is 0.770. The van der Waals surface area contributed by atoms with Crippen molar-refractivity contribution in [2.45, 2.75) is 19.3 Å². The van der Waals surface area contributed by atoms with Gasteiger partial charge >= 0.3 is 6.18 Å². The Morgan fingerprint density at radius 3 is 2.71 bits per heavy atom. The minimum absolute atomic E-state index is 0.149. The third kappa shape index (κ3) is 2.50. The van der Waals surface area contributed by atoms with E-state index in [0.717, 1.165) is 19.9 Å². The van der Waals surface area contributed by atoms with Crippen LogP contribution in [0.15, 0.2) is 29.0 Å². The Bertz CT molecular complexity index is 923. The first kappa shape index (κ1) is 15.3. The predicted octanol–water partition coefficient (Wildman–Crippen LogP) is 3.02. The maximum absolute atomic E-state index is 12.9. The second-order valence-electron chi connectivity index (χ2n) is 5.37. The van der Waals surface area contributed by atoms with Crippen molar-refractivity contribution in [3.8, 4) is 0 Å². The maximum Gasteiger partial charge on any atom is 0.451 e. The first-order valence-corrected chi connectivity index (χ1v) is 7.87. The van der Waals surface area contributed by atoms with Crippen LogP contribution in [0.4, 0.5) is 19.0 Å². The molecule has 1 aliphatic heterocycles. The number of nitrogens with zero attached hydrogens (tertiary/aromatic N) is 6. The van der Waals surface area contributed by atoms with Crippen molar-refractivity contribution in [3.05, 3.63) is 40.6 Å². The molecule has 0 amide bonds. The molecule has 3 aromatic rings. The van der Waals surface area contributed by atoms with Crippen molar-refractivity contribution in [1.82, 2.24) is 24.7 Å². The van der Waals surface area contributed by atoms with E-state index in [-0.39, 0.29) is 18.9 Å². The summed E-state index contributed by atoms with van der Waals surface area (Å²) in [4.78, 5) is 10.4. The molecule has 2 aromatic heterocycles. The van der Waals surface area contributed by atoms with Crippen LogP contribution < -0.4 is 4.90 Å². The topological polar surface area (TPSA) is 59.7 Å². The van der Waals surface area contributed by atoms with Crippen LogP contribution in [0.5, 0.6) is 0 Å². The number of fused-ring (bicyclic) bond motifs is 2. The molecule has 0 saturated carbocycles. The lowest BCUT2D eigenvalue weighted by Gasteiger charge is -2.29. The summed E-state index contributed by atoms with van der Waals surface area (Å²) in [5.74, 6) is -0.00752. The van der Waals surface area contributed by atoms with Crippen LogP contribution in [0.25, 0.3) is 10.9 Å². The van der Waals surface area contributed by atoms with Gasteiger partial charge in [-0.2, -0.15) is 13.2 Å². The van der Waals surface area contributed by atoms with Gasteiger partial charge in [-0.05, 0) is 18.2 Å². The van der Waals surface area contributed by atoms with Crippen LogP contribution in [0, 0.1) is 0 Å². The number of halogens is 4. The number of aromatic nitrogens is 5. The van der Waals surface area contributed by atoms with E-state index in [4.69, 9.17) is 0 Å². The fourth-order valence-corrected chi connectivity index (χ4v) is 3.18. The highest BCUT2D eigenvalue weighted by Crippen LogP contribution is 2.32. The first-order chi connectivity index (χ1) is 11.4. The van der Waals surface area contributed by atoms with Crippen molar-refractivity contribution in [1.29, 1.82) is 0 Å². The average molecular weight is 399 g/mol. The molecule has 0 unspecified atom stereocenters. The van der Waals surface area contributed by atoms with Gasteiger partial charge in [0.25, 0.3) is 0 Å². The molecule has 24 heavy (non-hydrogen) atoms. The second-order valence-corrected chi connectivity index (χ2v) is 6.29. The molecule has 0 saturated heterocycles. The molecule has 1 aromatic carbocycles. The van der Waals surface area contributed by atoms with E-state index in [2.05, 4.69) is 36.1 Å². The fourth-order valence-electron chi connectivity index (χ4n) is 2.82.